The molecule has 3 N–H and O–H groups in total. The van der Waals surface area contributed by atoms with Crippen LogP contribution < -0.4 is 11.1 Å². The Kier molecular flexibility index (Phi) is 4.20. The molecule has 0 heterocycles. The molecule has 1 aromatic carbocycles. The third kappa shape index (κ3) is 3.53. The molecule has 1 atom stereocenters. The number of carbonyl (C=O) groups excluding carboxylic acids is 1. The maximum absolute atomic E-state index is 13.6. The van der Waals surface area contributed by atoms with E-state index >= 15 is 0 Å². The lowest BCUT2D eigenvalue weighted by Gasteiger charge is -2.24. The Morgan fingerprint density at radius 2 is 2.05 bits per heavy atom. The summed E-state index contributed by atoms with van der Waals surface area (Å²) < 4.78 is 13.6. The quantitative estimate of drug-likeness (QED) is 0.878. The van der Waals surface area contributed by atoms with Gasteiger partial charge in [-0.05, 0) is 25.8 Å². The molecule has 1 aliphatic rings. The van der Waals surface area contributed by atoms with Gasteiger partial charge in [-0.2, -0.15) is 0 Å². The van der Waals surface area contributed by atoms with Gasteiger partial charge in [-0.25, -0.2) is 4.39 Å². The topological polar surface area (TPSA) is 55.1 Å². The van der Waals surface area contributed by atoms with E-state index < -0.39 is 0 Å². The fraction of sp³-hybridized carbons (Fsp3) is 0.533. The standard InChI is InChI=1S/C15H21FN2O/c1-11(12-6-2-3-7-13(12)16)18-14(19)10-15(17)8-4-5-9-15/h2-3,6-7,11H,4-5,8-10,17H2,1H3,(H,18,19)/t11-/m1/s1. The van der Waals surface area contributed by atoms with Gasteiger partial charge in [0.05, 0.1) is 6.04 Å². The summed E-state index contributed by atoms with van der Waals surface area (Å²) in [6, 6.07) is 6.16. The van der Waals surface area contributed by atoms with Crippen LogP contribution in [0.15, 0.2) is 24.3 Å². The number of hydrogen-bond acceptors (Lipinski definition) is 2. The van der Waals surface area contributed by atoms with Gasteiger partial charge < -0.3 is 11.1 Å². The highest BCUT2D eigenvalue weighted by atomic mass is 19.1. The monoisotopic (exact) mass is 264 g/mol. The Hall–Kier alpha value is -1.42. The molecule has 0 saturated heterocycles. The third-order valence-electron chi connectivity index (χ3n) is 3.86. The molecule has 0 bridgehead atoms. The molecule has 4 heteroatoms. The van der Waals surface area contributed by atoms with Crippen molar-refractivity contribution in [2.75, 3.05) is 0 Å². The van der Waals surface area contributed by atoms with Crippen LogP contribution in [0, 0.1) is 5.82 Å². The lowest BCUT2D eigenvalue weighted by molar-refractivity contribution is -0.122. The second-order valence-electron chi connectivity index (χ2n) is 5.56. The molecule has 1 aromatic rings. The summed E-state index contributed by atoms with van der Waals surface area (Å²) >= 11 is 0. The molecule has 0 unspecified atom stereocenters. The van der Waals surface area contributed by atoms with Crippen molar-refractivity contribution < 1.29 is 9.18 Å². The van der Waals surface area contributed by atoms with Crippen molar-refractivity contribution in [2.24, 2.45) is 5.73 Å². The van der Waals surface area contributed by atoms with Crippen LogP contribution in [0.2, 0.25) is 0 Å². The predicted octanol–water partition coefficient (Wildman–Crippen LogP) is 2.66. The van der Waals surface area contributed by atoms with Gasteiger partial charge in [0, 0.05) is 17.5 Å². The van der Waals surface area contributed by atoms with E-state index in [1.165, 1.54) is 6.07 Å². The maximum Gasteiger partial charge on any atom is 0.222 e. The van der Waals surface area contributed by atoms with Gasteiger partial charge in [0.1, 0.15) is 5.82 Å². The number of nitrogens with one attached hydrogen (secondary N) is 1. The number of hydrogen-bond donors (Lipinski definition) is 2. The number of benzene rings is 1. The summed E-state index contributed by atoms with van der Waals surface area (Å²) in [5.74, 6) is -0.390. The van der Waals surface area contributed by atoms with E-state index in [2.05, 4.69) is 5.32 Å². The molecule has 1 aliphatic carbocycles. The number of amides is 1. The van der Waals surface area contributed by atoms with Crippen LogP contribution in [0.25, 0.3) is 0 Å². The zero-order chi connectivity index (χ0) is 13.9. The fourth-order valence-electron chi connectivity index (χ4n) is 2.77. The first-order valence-corrected chi connectivity index (χ1v) is 6.83. The number of rotatable bonds is 4. The lowest BCUT2D eigenvalue weighted by Crippen LogP contribution is -2.42. The molecule has 1 fully saturated rings. The number of nitrogens with two attached hydrogens (primary N) is 1. The highest BCUT2D eigenvalue weighted by Crippen LogP contribution is 2.30. The van der Waals surface area contributed by atoms with Gasteiger partial charge >= 0.3 is 0 Å². The minimum absolute atomic E-state index is 0.0971. The van der Waals surface area contributed by atoms with Gasteiger partial charge in [-0.3, -0.25) is 4.79 Å². The summed E-state index contributed by atoms with van der Waals surface area (Å²) in [5, 5.41) is 2.83. The second kappa shape index (κ2) is 5.70. The Labute approximate surface area is 113 Å². The normalized spacial score (nSPS) is 19.1. The zero-order valence-electron chi connectivity index (χ0n) is 11.3. The third-order valence-corrected chi connectivity index (χ3v) is 3.86. The van der Waals surface area contributed by atoms with Crippen molar-refractivity contribution in [1.82, 2.24) is 5.32 Å². The van der Waals surface area contributed by atoms with E-state index in [-0.39, 0.29) is 23.3 Å². The SMILES string of the molecule is C[C@@H](NC(=O)CC1(N)CCCC1)c1ccccc1F. The van der Waals surface area contributed by atoms with Crippen molar-refractivity contribution in [2.45, 2.75) is 50.6 Å². The van der Waals surface area contributed by atoms with Gasteiger partial charge in [-0.1, -0.05) is 31.0 Å². The first-order chi connectivity index (χ1) is 9.00. The fourth-order valence-corrected chi connectivity index (χ4v) is 2.77. The Balaban J connectivity index is 1.94. The van der Waals surface area contributed by atoms with Crippen LogP contribution in [0.5, 0.6) is 0 Å². The highest BCUT2D eigenvalue weighted by Gasteiger charge is 2.32. The largest absolute Gasteiger partial charge is 0.349 e. The number of halogens is 1. The Bertz CT molecular complexity index is 455. The van der Waals surface area contributed by atoms with Crippen molar-refractivity contribution >= 4 is 5.91 Å². The van der Waals surface area contributed by atoms with E-state index in [0.717, 1.165) is 25.7 Å². The van der Waals surface area contributed by atoms with E-state index in [1.54, 1.807) is 25.1 Å². The van der Waals surface area contributed by atoms with Crippen LogP contribution in [-0.4, -0.2) is 11.4 Å². The van der Waals surface area contributed by atoms with Crippen LogP contribution in [0.4, 0.5) is 4.39 Å². The van der Waals surface area contributed by atoms with E-state index in [0.29, 0.717) is 12.0 Å². The molecule has 2 rings (SSSR count). The Morgan fingerprint density at radius 1 is 1.42 bits per heavy atom. The smallest absolute Gasteiger partial charge is 0.222 e. The Morgan fingerprint density at radius 3 is 2.68 bits per heavy atom. The summed E-state index contributed by atoms with van der Waals surface area (Å²) in [4.78, 5) is 12.0. The molecular weight excluding hydrogens is 243 g/mol. The predicted molar refractivity (Wildman–Crippen MR) is 73.0 cm³/mol. The average Bonchev–Trinajstić information content (AvgIpc) is 2.75. The summed E-state index contributed by atoms with van der Waals surface area (Å²) in [6.07, 6.45) is 4.30. The molecule has 0 radical (unpaired) electrons. The van der Waals surface area contributed by atoms with E-state index in [4.69, 9.17) is 5.73 Å². The van der Waals surface area contributed by atoms with Crippen LogP contribution in [0.1, 0.15) is 50.6 Å². The van der Waals surface area contributed by atoms with Crippen LogP contribution in [0.3, 0.4) is 0 Å². The first kappa shape index (κ1) is 14.0. The average molecular weight is 264 g/mol. The van der Waals surface area contributed by atoms with Crippen LogP contribution in [-0.2, 0) is 4.79 Å². The second-order valence-corrected chi connectivity index (χ2v) is 5.56. The zero-order valence-corrected chi connectivity index (χ0v) is 11.3. The number of carbonyl (C=O) groups is 1. The van der Waals surface area contributed by atoms with Crippen molar-refractivity contribution in [1.29, 1.82) is 0 Å². The summed E-state index contributed by atoms with van der Waals surface area (Å²) in [7, 11) is 0. The van der Waals surface area contributed by atoms with E-state index in [1.807, 2.05) is 0 Å². The summed E-state index contributed by atoms with van der Waals surface area (Å²) in [6.45, 7) is 1.79. The molecule has 19 heavy (non-hydrogen) atoms. The van der Waals surface area contributed by atoms with Crippen molar-refractivity contribution in [3.05, 3.63) is 35.6 Å². The van der Waals surface area contributed by atoms with Crippen LogP contribution >= 0.6 is 0 Å². The minimum atomic E-state index is -0.362. The van der Waals surface area contributed by atoms with Crippen molar-refractivity contribution in [3.8, 4) is 0 Å². The molecule has 104 valence electrons. The molecule has 0 aromatic heterocycles. The maximum atomic E-state index is 13.6. The molecular formula is C15H21FN2O. The minimum Gasteiger partial charge on any atom is -0.349 e. The van der Waals surface area contributed by atoms with Crippen molar-refractivity contribution in [3.63, 3.8) is 0 Å². The lowest BCUT2D eigenvalue weighted by atomic mass is 9.94. The first-order valence-electron chi connectivity index (χ1n) is 6.83. The molecule has 0 spiro atoms. The molecule has 1 saturated carbocycles. The van der Waals surface area contributed by atoms with Gasteiger partial charge in [0.2, 0.25) is 5.91 Å². The van der Waals surface area contributed by atoms with Gasteiger partial charge in [-0.15, -0.1) is 0 Å². The molecule has 1 amide bonds. The summed E-state index contributed by atoms with van der Waals surface area (Å²) in [5.41, 5.74) is 6.32. The highest BCUT2D eigenvalue weighted by molar-refractivity contribution is 5.77. The van der Waals surface area contributed by atoms with E-state index in [9.17, 15) is 9.18 Å². The molecule has 3 nitrogen and oxygen atoms in total. The van der Waals surface area contributed by atoms with Gasteiger partial charge in [0.25, 0.3) is 0 Å². The molecule has 0 aliphatic heterocycles. The van der Waals surface area contributed by atoms with Gasteiger partial charge in [0.15, 0.2) is 0 Å².